The van der Waals surface area contributed by atoms with Gasteiger partial charge in [-0.05, 0) is 26.0 Å². The third kappa shape index (κ3) is 4.64. The predicted octanol–water partition coefficient (Wildman–Crippen LogP) is 2.88. The van der Waals surface area contributed by atoms with Gasteiger partial charge in [0.25, 0.3) is 5.91 Å². The quantitative estimate of drug-likeness (QED) is 0.854. The predicted molar refractivity (Wildman–Crippen MR) is 91.3 cm³/mol. The van der Waals surface area contributed by atoms with E-state index in [1.165, 1.54) is 16.9 Å². The van der Waals surface area contributed by atoms with Crippen molar-refractivity contribution in [2.45, 2.75) is 26.8 Å². The number of aromatic nitrogens is 1. The molecule has 0 aliphatic heterocycles. The van der Waals surface area contributed by atoms with Crippen LogP contribution in [0.3, 0.4) is 0 Å². The van der Waals surface area contributed by atoms with Gasteiger partial charge in [-0.2, -0.15) is 0 Å². The van der Waals surface area contributed by atoms with Gasteiger partial charge in [-0.1, -0.05) is 37.3 Å². The normalized spacial score (nSPS) is 10.9. The molecule has 1 aromatic carbocycles. The lowest BCUT2D eigenvalue weighted by molar-refractivity contribution is 0.0953. The summed E-state index contributed by atoms with van der Waals surface area (Å²) in [5.41, 5.74) is 2.11. The van der Waals surface area contributed by atoms with Crippen molar-refractivity contribution in [2.24, 2.45) is 0 Å². The van der Waals surface area contributed by atoms with E-state index in [4.69, 9.17) is 0 Å². The fourth-order valence-electron chi connectivity index (χ4n) is 2.23. The van der Waals surface area contributed by atoms with Crippen molar-refractivity contribution in [3.8, 4) is 0 Å². The highest BCUT2D eigenvalue weighted by molar-refractivity contribution is 7.13. The van der Waals surface area contributed by atoms with Gasteiger partial charge >= 0.3 is 0 Å². The Hall–Kier alpha value is -1.72. The van der Waals surface area contributed by atoms with Gasteiger partial charge in [-0.25, -0.2) is 4.98 Å². The molecule has 0 aliphatic carbocycles. The zero-order valence-electron chi connectivity index (χ0n) is 13.4. The second-order valence-corrected chi connectivity index (χ2v) is 6.44. The largest absolute Gasteiger partial charge is 0.350 e. The molecule has 0 saturated carbocycles. The molecule has 1 N–H and O–H groups in total. The third-order valence-corrected chi connectivity index (χ3v) is 4.72. The van der Waals surface area contributed by atoms with Crippen LogP contribution in [-0.4, -0.2) is 35.9 Å². The first-order chi connectivity index (χ1) is 10.6. The van der Waals surface area contributed by atoms with Crippen LogP contribution < -0.4 is 5.32 Å². The fraction of sp³-hybridized carbons (Fsp3) is 0.412. The smallest absolute Gasteiger partial charge is 0.263 e. The minimum absolute atomic E-state index is 0.0113. The lowest BCUT2D eigenvalue weighted by Crippen LogP contribution is -2.32. The van der Waals surface area contributed by atoms with E-state index in [1.54, 1.807) is 0 Å². The Kier molecular flexibility index (Phi) is 6.10. The Labute approximate surface area is 136 Å². The Bertz CT molecular complexity index is 610. The molecule has 2 rings (SSSR count). The number of thiazole rings is 1. The third-order valence-electron chi connectivity index (χ3n) is 3.42. The zero-order valence-corrected chi connectivity index (χ0v) is 14.2. The number of nitrogens with zero attached hydrogens (tertiary/aromatic N) is 2. The number of hydrogen-bond donors (Lipinski definition) is 1. The first-order valence-corrected chi connectivity index (χ1v) is 8.38. The Morgan fingerprint density at radius 2 is 2.05 bits per heavy atom. The second-order valence-electron chi connectivity index (χ2n) is 5.35. The van der Waals surface area contributed by atoms with Crippen LogP contribution in [0, 0.1) is 6.92 Å². The summed E-state index contributed by atoms with van der Waals surface area (Å²) in [6, 6.07) is 10.3. The molecule has 0 saturated heterocycles. The maximum absolute atomic E-state index is 12.2. The number of likely N-dealkylation sites (N-methyl/N-ethyl adjacent to an activating group) is 1. The lowest BCUT2D eigenvalue weighted by atomic mass is 10.2. The topological polar surface area (TPSA) is 45.2 Å². The number of carbonyl (C=O) groups excluding carboxylic acids is 1. The molecule has 0 atom stereocenters. The van der Waals surface area contributed by atoms with Crippen LogP contribution in [0.5, 0.6) is 0 Å². The second kappa shape index (κ2) is 8.06. The highest BCUT2D eigenvalue weighted by Gasteiger charge is 2.14. The van der Waals surface area contributed by atoms with Gasteiger partial charge < -0.3 is 10.2 Å². The lowest BCUT2D eigenvalue weighted by Gasteiger charge is -2.16. The molecule has 2 aromatic rings. The minimum atomic E-state index is -0.0113. The van der Waals surface area contributed by atoms with Gasteiger partial charge in [0.1, 0.15) is 4.88 Å². The van der Waals surface area contributed by atoms with Crippen molar-refractivity contribution in [3.05, 3.63) is 51.5 Å². The summed E-state index contributed by atoms with van der Waals surface area (Å²) < 4.78 is 0. The van der Waals surface area contributed by atoms with E-state index in [0.29, 0.717) is 6.54 Å². The number of amides is 1. The van der Waals surface area contributed by atoms with E-state index in [-0.39, 0.29) is 5.91 Å². The fourth-order valence-corrected chi connectivity index (χ4v) is 3.15. The number of rotatable bonds is 7. The van der Waals surface area contributed by atoms with Crippen LogP contribution >= 0.6 is 11.3 Å². The Balaban J connectivity index is 1.78. The molecular formula is C17H23N3OS. The standard InChI is InChI=1S/C17H23N3OS/c1-4-15-19-13(2)16(22-15)17(21)18-10-11-20(3)12-14-8-6-5-7-9-14/h5-9H,4,10-12H2,1-3H3,(H,18,21). The van der Waals surface area contributed by atoms with Crippen molar-refractivity contribution >= 4 is 17.2 Å². The first kappa shape index (κ1) is 16.6. The summed E-state index contributed by atoms with van der Waals surface area (Å²) in [6.45, 7) is 6.29. The van der Waals surface area contributed by atoms with Gasteiger partial charge in [0.05, 0.1) is 10.7 Å². The average molecular weight is 317 g/mol. The Morgan fingerprint density at radius 1 is 1.32 bits per heavy atom. The molecule has 1 aromatic heterocycles. The summed E-state index contributed by atoms with van der Waals surface area (Å²) >= 11 is 1.49. The van der Waals surface area contributed by atoms with Crippen molar-refractivity contribution in [1.82, 2.24) is 15.2 Å². The maximum Gasteiger partial charge on any atom is 0.263 e. The van der Waals surface area contributed by atoms with Gasteiger partial charge in [0, 0.05) is 19.6 Å². The molecule has 1 heterocycles. The van der Waals surface area contributed by atoms with Crippen LogP contribution in [0.4, 0.5) is 0 Å². The van der Waals surface area contributed by atoms with Crippen LogP contribution in [0.2, 0.25) is 0 Å². The van der Waals surface area contributed by atoms with Gasteiger partial charge in [-0.3, -0.25) is 4.79 Å². The molecule has 0 unspecified atom stereocenters. The zero-order chi connectivity index (χ0) is 15.9. The van der Waals surface area contributed by atoms with Crippen LogP contribution in [0.25, 0.3) is 0 Å². The van der Waals surface area contributed by atoms with Crippen molar-refractivity contribution in [3.63, 3.8) is 0 Å². The average Bonchev–Trinajstić information content (AvgIpc) is 2.89. The van der Waals surface area contributed by atoms with Gasteiger partial charge in [0.15, 0.2) is 0 Å². The first-order valence-electron chi connectivity index (χ1n) is 7.57. The highest BCUT2D eigenvalue weighted by Crippen LogP contribution is 2.18. The molecule has 1 amide bonds. The monoisotopic (exact) mass is 317 g/mol. The van der Waals surface area contributed by atoms with Crippen LogP contribution in [-0.2, 0) is 13.0 Å². The number of hydrogen-bond acceptors (Lipinski definition) is 4. The summed E-state index contributed by atoms with van der Waals surface area (Å²) in [5, 5.41) is 4.00. The summed E-state index contributed by atoms with van der Waals surface area (Å²) in [5.74, 6) is -0.0113. The van der Waals surface area contributed by atoms with E-state index >= 15 is 0 Å². The number of carbonyl (C=O) groups is 1. The van der Waals surface area contributed by atoms with Crippen molar-refractivity contribution in [2.75, 3.05) is 20.1 Å². The van der Waals surface area contributed by atoms with Gasteiger partial charge in [0.2, 0.25) is 0 Å². The molecule has 0 bridgehead atoms. The van der Waals surface area contributed by atoms with E-state index < -0.39 is 0 Å². The highest BCUT2D eigenvalue weighted by atomic mass is 32.1. The molecule has 0 fully saturated rings. The van der Waals surface area contributed by atoms with E-state index in [2.05, 4.69) is 41.3 Å². The number of benzene rings is 1. The molecule has 4 nitrogen and oxygen atoms in total. The summed E-state index contributed by atoms with van der Waals surface area (Å²) in [6.07, 6.45) is 0.874. The van der Waals surface area contributed by atoms with E-state index in [9.17, 15) is 4.79 Å². The maximum atomic E-state index is 12.2. The van der Waals surface area contributed by atoms with Crippen LogP contribution in [0.1, 0.15) is 32.9 Å². The van der Waals surface area contributed by atoms with E-state index in [1.807, 2.05) is 25.1 Å². The summed E-state index contributed by atoms with van der Waals surface area (Å²) in [7, 11) is 2.06. The van der Waals surface area contributed by atoms with Gasteiger partial charge in [-0.15, -0.1) is 11.3 Å². The molecule has 0 radical (unpaired) electrons. The van der Waals surface area contributed by atoms with Crippen molar-refractivity contribution < 1.29 is 4.79 Å². The molecule has 0 aliphatic rings. The molecule has 0 spiro atoms. The Morgan fingerprint density at radius 3 is 2.68 bits per heavy atom. The number of aryl methyl sites for hydroxylation is 2. The van der Waals surface area contributed by atoms with E-state index in [0.717, 1.165) is 35.1 Å². The van der Waals surface area contributed by atoms with Crippen molar-refractivity contribution in [1.29, 1.82) is 0 Å². The number of nitrogens with one attached hydrogen (secondary N) is 1. The summed E-state index contributed by atoms with van der Waals surface area (Å²) in [4.78, 5) is 19.5. The molecular weight excluding hydrogens is 294 g/mol. The minimum Gasteiger partial charge on any atom is -0.350 e. The SMILES string of the molecule is CCc1nc(C)c(C(=O)NCCN(C)Cc2ccccc2)s1. The van der Waals surface area contributed by atoms with Crippen LogP contribution in [0.15, 0.2) is 30.3 Å². The molecule has 118 valence electrons. The molecule has 5 heteroatoms. The molecule has 22 heavy (non-hydrogen) atoms.